The SMILES string of the molecule is CCC(C)c1ccccc1C1(Oc2ccn(-c3ccc(S(C)(=O)=O)cc3)c(=O)c2)CCN(C(=O)O)CC1. The van der Waals surface area contributed by atoms with Crippen LogP contribution in [0.15, 0.2) is 76.6 Å². The third kappa shape index (κ3) is 5.56. The minimum atomic E-state index is -3.34. The number of rotatable bonds is 7. The third-order valence-electron chi connectivity index (χ3n) is 7.18. The Balaban J connectivity index is 1.70. The fourth-order valence-electron chi connectivity index (χ4n) is 4.86. The van der Waals surface area contributed by atoms with Crippen LogP contribution < -0.4 is 10.3 Å². The molecular formula is C28H32N2O6S. The first kappa shape index (κ1) is 26.5. The third-order valence-corrected chi connectivity index (χ3v) is 8.31. The van der Waals surface area contributed by atoms with Crippen molar-refractivity contribution in [2.45, 2.75) is 49.5 Å². The average molecular weight is 525 g/mol. The van der Waals surface area contributed by atoms with Crippen molar-refractivity contribution in [3.05, 3.63) is 88.3 Å². The molecule has 0 aliphatic carbocycles. The maximum Gasteiger partial charge on any atom is 0.407 e. The number of carbonyl (C=O) groups is 1. The van der Waals surface area contributed by atoms with E-state index in [0.717, 1.165) is 23.8 Å². The van der Waals surface area contributed by atoms with E-state index < -0.39 is 21.5 Å². The zero-order valence-electron chi connectivity index (χ0n) is 21.3. The Kier molecular flexibility index (Phi) is 7.45. The molecule has 4 rings (SSSR count). The monoisotopic (exact) mass is 524 g/mol. The first-order valence-corrected chi connectivity index (χ1v) is 14.2. The Hall–Kier alpha value is -3.59. The summed E-state index contributed by atoms with van der Waals surface area (Å²) in [5, 5.41) is 9.49. The molecule has 1 aromatic heterocycles. The number of carboxylic acid groups (broad SMARTS) is 1. The smallest absolute Gasteiger partial charge is 0.407 e. The molecule has 1 saturated heterocycles. The number of amides is 1. The lowest BCUT2D eigenvalue weighted by atomic mass is 9.78. The Bertz CT molecular complexity index is 1440. The molecule has 0 saturated carbocycles. The molecule has 2 aromatic carbocycles. The molecule has 0 radical (unpaired) electrons. The fourth-order valence-corrected chi connectivity index (χ4v) is 5.49. The lowest BCUT2D eigenvalue weighted by Crippen LogP contribution is -2.48. The molecule has 3 aromatic rings. The summed E-state index contributed by atoms with van der Waals surface area (Å²) < 4.78 is 31.5. The van der Waals surface area contributed by atoms with Gasteiger partial charge in [-0.1, -0.05) is 38.1 Å². The number of hydrogen-bond donors (Lipinski definition) is 1. The summed E-state index contributed by atoms with van der Waals surface area (Å²) in [5.41, 5.74) is 1.62. The summed E-state index contributed by atoms with van der Waals surface area (Å²) in [6.07, 6.45) is 3.66. The van der Waals surface area contributed by atoms with Gasteiger partial charge >= 0.3 is 6.09 Å². The van der Waals surface area contributed by atoms with Gasteiger partial charge in [-0.3, -0.25) is 9.36 Å². The topological polar surface area (TPSA) is 106 Å². The van der Waals surface area contributed by atoms with Crippen LogP contribution in [0, 0.1) is 0 Å². The summed E-state index contributed by atoms with van der Waals surface area (Å²) in [5.74, 6) is 0.689. The second-order valence-electron chi connectivity index (χ2n) is 9.60. The van der Waals surface area contributed by atoms with Crippen molar-refractivity contribution in [1.82, 2.24) is 9.47 Å². The number of ether oxygens (including phenoxy) is 1. The molecule has 37 heavy (non-hydrogen) atoms. The van der Waals surface area contributed by atoms with Crippen molar-refractivity contribution >= 4 is 15.9 Å². The van der Waals surface area contributed by atoms with Crippen LogP contribution in [0.25, 0.3) is 5.69 Å². The number of pyridine rings is 1. The fraction of sp³-hybridized carbons (Fsp3) is 0.357. The van der Waals surface area contributed by atoms with Crippen molar-refractivity contribution in [2.75, 3.05) is 19.3 Å². The van der Waals surface area contributed by atoms with E-state index in [0.29, 0.717) is 37.4 Å². The van der Waals surface area contributed by atoms with Gasteiger partial charge < -0.3 is 14.7 Å². The highest BCUT2D eigenvalue weighted by molar-refractivity contribution is 7.90. The van der Waals surface area contributed by atoms with Crippen LogP contribution in [0.2, 0.25) is 0 Å². The second kappa shape index (κ2) is 10.4. The molecule has 8 nitrogen and oxygen atoms in total. The molecule has 1 fully saturated rings. The van der Waals surface area contributed by atoms with Crippen molar-refractivity contribution in [1.29, 1.82) is 0 Å². The van der Waals surface area contributed by atoms with E-state index in [9.17, 15) is 23.1 Å². The van der Waals surface area contributed by atoms with E-state index in [2.05, 4.69) is 19.9 Å². The minimum Gasteiger partial charge on any atom is -0.482 e. The van der Waals surface area contributed by atoms with E-state index >= 15 is 0 Å². The molecule has 1 aliphatic rings. The predicted molar refractivity (Wildman–Crippen MR) is 141 cm³/mol. The molecule has 0 bridgehead atoms. The zero-order chi connectivity index (χ0) is 26.8. The Morgan fingerprint density at radius 1 is 1.08 bits per heavy atom. The lowest BCUT2D eigenvalue weighted by Gasteiger charge is -2.42. The largest absolute Gasteiger partial charge is 0.482 e. The van der Waals surface area contributed by atoms with E-state index in [-0.39, 0.29) is 16.4 Å². The van der Waals surface area contributed by atoms with Crippen molar-refractivity contribution in [2.24, 2.45) is 0 Å². The van der Waals surface area contributed by atoms with Crippen LogP contribution in [0.3, 0.4) is 0 Å². The summed E-state index contributed by atoms with van der Waals surface area (Å²) in [4.78, 5) is 26.2. The molecule has 0 spiro atoms. The maximum atomic E-state index is 13.0. The molecule has 1 N–H and O–H groups in total. The Labute approximate surface area is 217 Å². The number of benzene rings is 2. The molecule has 1 atom stereocenters. The Morgan fingerprint density at radius 3 is 2.30 bits per heavy atom. The number of likely N-dealkylation sites (tertiary alicyclic amines) is 1. The highest BCUT2D eigenvalue weighted by Gasteiger charge is 2.41. The first-order valence-electron chi connectivity index (χ1n) is 12.3. The van der Waals surface area contributed by atoms with E-state index in [1.807, 2.05) is 18.2 Å². The molecule has 9 heteroatoms. The van der Waals surface area contributed by atoms with Gasteiger partial charge in [0.25, 0.3) is 5.56 Å². The van der Waals surface area contributed by atoms with Gasteiger partial charge in [-0.2, -0.15) is 0 Å². The van der Waals surface area contributed by atoms with Crippen LogP contribution in [-0.2, 0) is 15.4 Å². The highest BCUT2D eigenvalue weighted by Crippen LogP contribution is 2.41. The zero-order valence-corrected chi connectivity index (χ0v) is 22.1. The number of piperidine rings is 1. The minimum absolute atomic E-state index is 0.180. The molecule has 1 aliphatic heterocycles. The van der Waals surface area contributed by atoms with Gasteiger partial charge in [0.1, 0.15) is 11.4 Å². The number of sulfone groups is 1. The predicted octanol–water partition coefficient (Wildman–Crippen LogP) is 4.80. The van der Waals surface area contributed by atoms with E-state index in [1.54, 1.807) is 24.4 Å². The van der Waals surface area contributed by atoms with Crippen LogP contribution in [0.5, 0.6) is 5.75 Å². The number of aromatic nitrogens is 1. The second-order valence-corrected chi connectivity index (χ2v) is 11.6. The normalized spacial score (nSPS) is 16.2. The first-order chi connectivity index (χ1) is 17.5. The summed E-state index contributed by atoms with van der Waals surface area (Å²) >= 11 is 0. The van der Waals surface area contributed by atoms with Crippen molar-refractivity contribution in [3.63, 3.8) is 0 Å². The molecule has 1 amide bonds. The van der Waals surface area contributed by atoms with Crippen molar-refractivity contribution in [3.8, 4) is 11.4 Å². The van der Waals surface area contributed by atoms with Crippen LogP contribution in [0.1, 0.15) is 50.2 Å². The lowest BCUT2D eigenvalue weighted by molar-refractivity contribution is 0.000145. The standard InChI is InChI=1S/C28H32N2O6S/c1-4-20(2)24-7-5-6-8-25(24)28(14-17-29(18-15-28)27(32)33)36-22-13-16-30(26(31)19-22)21-9-11-23(12-10-21)37(3,34)35/h5-13,16,19-20H,4,14-15,17-18H2,1-3H3,(H,32,33). The summed E-state index contributed by atoms with van der Waals surface area (Å²) in [7, 11) is -3.34. The van der Waals surface area contributed by atoms with Gasteiger partial charge in [0.15, 0.2) is 9.84 Å². The van der Waals surface area contributed by atoms with Crippen LogP contribution in [-0.4, -0.2) is 48.4 Å². The molecule has 2 heterocycles. The maximum absolute atomic E-state index is 13.0. The highest BCUT2D eigenvalue weighted by atomic mass is 32.2. The van der Waals surface area contributed by atoms with E-state index in [4.69, 9.17) is 4.74 Å². The quantitative estimate of drug-likeness (QED) is 0.476. The average Bonchev–Trinajstić information content (AvgIpc) is 2.88. The molecule has 1 unspecified atom stereocenters. The van der Waals surface area contributed by atoms with Crippen LogP contribution >= 0.6 is 0 Å². The van der Waals surface area contributed by atoms with Gasteiger partial charge in [-0.15, -0.1) is 0 Å². The number of nitrogens with zero attached hydrogens (tertiary/aromatic N) is 2. The molecule has 196 valence electrons. The summed E-state index contributed by atoms with van der Waals surface area (Å²) in [6.45, 7) is 4.95. The van der Waals surface area contributed by atoms with Gasteiger partial charge in [0.2, 0.25) is 0 Å². The van der Waals surface area contributed by atoms with Gasteiger partial charge in [-0.05, 0) is 53.8 Å². The molecular weight excluding hydrogens is 492 g/mol. The number of hydrogen-bond acceptors (Lipinski definition) is 5. The van der Waals surface area contributed by atoms with E-state index in [1.165, 1.54) is 27.7 Å². The van der Waals surface area contributed by atoms with Crippen molar-refractivity contribution < 1.29 is 23.1 Å². The summed E-state index contributed by atoms with van der Waals surface area (Å²) in [6, 6.07) is 17.4. The van der Waals surface area contributed by atoms with Gasteiger partial charge in [0, 0.05) is 50.1 Å². The Morgan fingerprint density at radius 2 is 1.73 bits per heavy atom. The van der Waals surface area contributed by atoms with Gasteiger partial charge in [-0.25, -0.2) is 13.2 Å². The van der Waals surface area contributed by atoms with Gasteiger partial charge in [0.05, 0.1) is 4.90 Å². The van der Waals surface area contributed by atoms with Crippen LogP contribution in [0.4, 0.5) is 4.79 Å².